The number of piperidine rings is 1. The fraction of sp³-hybridized carbons (Fsp3) is 0.474. The van der Waals surface area contributed by atoms with Gasteiger partial charge in [-0.05, 0) is 31.0 Å². The van der Waals surface area contributed by atoms with Gasteiger partial charge in [-0.3, -0.25) is 14.7 Å². The molecule has 6 heteroatoms. The van der Waals surface area contributed by atoms with Crippen molar-refractivity contribution in [1.82, 2.24) is 14.8 Å². The molecule has 0 saturated carbocycles. The normalized spacial score (nSPS) is 20.7. The maximum Gasteiger partial charge on any atom is 0.257 e. The van der Waals surface area contributed by atoms with Crippen molar-refractivity contribution in [3.05, 3.63) is 54.2 Å². The van der Waals surface area contributed by atoms with Gasteiger partial charge >= 0.3 is 0 Å². The Morgan fingerprint density at radius 1 is 1.20 bits per heavy atom. The average molecular weight is 341 g/mol. The summed E-state index contributed by atoms with van der Waals surface area (Å²) in [6.07, 6.45) is 6.63. The van der Waals surface area contributed by atoms with Gasteiger partial charge in [0, 0.05) is 38.9 Å². The van der Waals surface area contributed by atoms with E-state index in [4.69, 9.17) is 9.15 Å². The van der Waals surface area contributed by atoms with Crippen LogP contribution in [0.2, 0.25) is 0 Å². The number of morpholine rings is 1. The van der Waals surface area contributed by atoms with Gasteiger partial charge in [-0.1, -0.05) is 6.07 Å². The molecule has 6 nitrogen and oxygen atoms in total. The Morgan fingerprint density at radius 2 is 2.08 bits per heavy atom. The highest BCUT2D eigenvalue weighted by Crippen LogP contribution is 2.31. The van der Waals surface area contributed by atoms with Crippen molar-refractivity contribution < 1.29 is 13.9 Å². The lowest BCUT2D eigenvalue weighted by atomic mass is 9.89. The largest absolute Gasteiger partial charge is 0.472 e. The van der Waals surface area contributed by atoms with E-state index in [1.807, 2.05) is 23.2 Å². The molecule has 1 amide bonds. The first kappa shape index (κ1) is 16.3. The van der Waals surface area contributed by atoms with Crippen molar-refractivity contribution in [2.24, 2.45) is 0 Å². The molecule has 0 bridgehead atoms. The number of ether oxygens (including phenoxy) is 1. The topological polar surface area (TPSA) is 58.8 Å². The zero-order valence-corrected chi connectivity index (χ0v) is 14.3. The van der Waals surface area contributed by atoms with Crippen LogP contribution in [-0.2, 0) is 11.3 Å². The first-order valence-electron chi connectivity index (χ1n) is 8.82. The minimum Gasteiger partial charge on any atom is -0.472 e. The van der Waals surface area contributed by atoms with E-state index in [-0.39, 0.29) is 11.5 Å². The molecule has 2 aromatic rings. The standard InChI is InChI=1S/C19H23N3O3/c23-18(16-4-11-24-14-16)22-8-5-19(6-9-22)15-21(10-12-25-19)13-17-3-1-2-7-20-17/h1-4,7,11,14H,5-6,8-10,12-13,15H2. The molecule has 0 atom stereocenters. The highest BCUT2D eigenvalue weighted by Gasteiger charge is 2.40. The summed E-state index contributed by atoms with van der Waals surface area (Å²) in [5, 5.41) is 0. The summed E-state index contributed by atoms with van der Waals surface area (Å²) < 4.78 is 11.2. The molecule has 2 aromatic heterocycles. The molecule has 0 radical (unpaired) electrons. The van der Waals surface area contributed by atoms with Gasteiger partial charge in [0.15, 0.2) is 0 Å². The first-order valence-corrected chi connectivity index (χ1v) is 8.82. The van der Waals surface area contributed by atoms with Gasteiger partial charge < -0.3 is 14.1 Å². The molecule has 4 rings (SSSR count). The summed E-state index contributed by atoms with van der Waals surface area (Å²) in [4.78, 5) is 21.2. The Hall–Kier alpha value is -2.18. The lowest BCUT2D eigenvalue weighted by molar-refractivity contribution is -0.134. The van der Waals surface area contributed by atoms with E-state index < -0.39 is 0 Å². The lowest BCUT2D eigenvalue weighted by Crippen LogP contribution is -2.57. The highest BCUT2D eigenvalue weighted by molar-refractivity contribution is 5.93. The van der Waals surface area contributed by atoms with Gasteiger partial charge in [-0.25, -0.2) is 0 Å². The van der Waals surface area contributed by atoms with Crippen LogP contribution in [0.15, 0.2) is 47.4 Å². The third kappa shape index (κ3) is 3.60. The summed E-state index contributed by atoms with van der Waals surface area (Å²) in [5.74, 6) is 0.0461. The van der Waals surface area contributed by atoms with Crippen molar-refractivity contribution >= 4 is 5.91 Å². The van der Waals surface area contributed by atoms with Crippen molar-refractivity contribution in [3.63, 3.8) is 0 Å². The molecule has 25 heavy (non-hydrogen) atoms. The molecule has 2 saturated heterocycles. The fourth-order valence-corrected chi connectivity index (χ4v) is 3.77. The number of likely N-dealkylation sites (tertiary alicyclic amines) is 1. The molecule has 2 aliphatic heterocycles. The minimum absolute atomic E-state index is 0.0461. The molecule has 1 spiro atoms. The second-order valence-electron chi connectivity index (χ2n) is 6.87. The van der Waals surface area contributed by atoms with Crippen LogP contribution in [0.25, 0.3) is 0 Å². The van der Waals surface area contributed by atoms with Crippen molar-refractivity contribution in [1.29, 1.82) is 0 Å². The number of rotatable bonds is 3. The molecule has 0 unspecified atom stereocenters. The third-order valence-electron chi connectivity index (χ3n) is 5.17. The zero-order valence-electron chi connectivity index (χ0n) is 14.3. The monoisotopic (exact) mass is 341 g/mol. The molecule has 2 fully saturated rings. The van der Waals surface area contributed by atoms with Crippen LogP contribution in [0, 0.1) is 0 Å². The van der Waals surface area contributed by atoms with Crippen molar-refractivity contribution in [2.45, 2.75) is 25.0 Å². The Labute approximate surface area is 147 Å². The average Bonchev–Trinajstić information content (AvgIpc) is 3.18. The van der Waals surface area contributed by atoms with Gasteiger partial charge in [0.05, 0.1) is 29.7 Å². The van der Waals surface area contributed by atoms with E-state index in [1.165, 1.54) is 6.26 Å². The summed E-state index contributed by atoms with van der Waals surface area (Å²) in [6.45, 7) is 4.86. The number of aromatic nitrogens is 1. The van der Waals surface area contributed by atoms with Gasteiger partial charge in [-0.15, -0.1) is 0 Å². The number of furan rings is 1. The Kier molecular flexibility index (Phi) is 4.55. The van der Waals surface area contributed by atoms with Crippen LogP contribution in [0.5, 0.6) is 0 Å². The summed E-state index contributed by atoms with van der Waals surface area (Å²) >= 11 is 0. The van der Waals surface area contributed by atoms with Crippen LogP contribution in [0.4, 0.5) is 0 Å². The number of hydrogen-bond acceptors (Lipinski definition) is 5. The predicted molar refractivity (Wildman–Crippen MR) is 92.0 cm³/mol. The van der Waals surface area contributed by atoms with Gasteiger partial charge in [-0.2, -0.15) is 0 Å². The van der Waals surface area contributed by atoms with Crippen LogP contribution in [-0.4, -0.2) is 59.1 Å². The number of carbonyl (C=O) groups excluding carboxylic acids is 1. The van der Waals surface area contributed by atoms with Crippen molar-refractivity contribution in [3.8, 4) is 0 Å². The van der Waals surface area contributed by atoms with Gasteiger partial charge in [0.1, 0.15) is 6.26 Å². The molecule has 132 valence electrons. The van der Waals surface area contributed by atoms with Crippen LogP contribution in [0.3, 0.4) is 0 Å². The minimum atomic E-state index is -0.139. The number of pyridine rings is 1. The highest BCUT2D eigenvalue weighted by atomic mass is 16.5. The van der Waals surface area contributed by atoms with Crippen LogP contribution in [0.1, 0.15) is 28.9 Å². The maximum absolute atomic E-state index is 12.4. The molecular weight excluding hydrogens is 318 g/mol. The molecule has 0 aliphatic carbocycles. The van der Waals surface area contributed by atoms with E-state index in [2.05, 4.69) is 16.0 Å². The number of carbonyl (C=O) groups is 1. The molecule has 4 heterocycles. The SMILES string of the molecule is O=C(c1ccoc1)N1CCC2(CC1)CN(Cc1ccccn1)CCO2. The molecule has 2 aliphatic rings. The Morgan fingerprint density at radius 3 is 2.80 bits per heavy atom. The first-order chi connectivity index (χ1) is 12.2. The number of amides is 1. The number of nitrogens with zero attached hydrogens (tertiary/aromatic N) is 3. The second-order valence-corrected chi connectivity index (χ2v) is 6.87. The predicted octanol–water partition coefficient (Wildman–Crippen LogP) is 2.18. The van der Waals surface area contributed by atoms with Crippen LogP contribution >= 0.6 is 0 Å². The number of hydrogen-bond donors (Lipinski definition) is 0. The molecule has 0 aromatic carbocycles. The van der Waals surface area contributed by atoms with E-state index in [9.17, 15) is 4.79 Å². The van der Waals surface area contributed by atoms with Crippen LogP contribution < -0.4 is 0 Å². The smallest absolute Gasteiger partial charge is 0.257 e. The third-order valence-corrected chi connectivity index (χ3v) is 5.17. The fourth-order valence-electron chi connectivity index (χ4n) is 3.77. The van der Waals surface area contributed by atoms with Crippen molar-refractivity contribution in [2.75, 3.05) is 32.8 Å². The van der Waals surface area contributed by atoms with E-state index in [1.54, 1.807) is 12.3 Å². The summed E-state index contributed by atoms with van der Waals surface area (Å²) in [5.41, 5.74) is 1.57. The summed E-state index contributed by atoms with van der Waals surface area (Å²) in [6, 6.07) is 7.75. The quantitative estimate of drug-likeness (QED) is 0.856. The van der Waals surface area contributed by atoms with E-state index in [0.29, 0.717) is 5.56 Å². The Balaban J connectivity index is 1.36. The maximum atomic E-state index is 12.4. The molecular formula is C19H23N3O3. The Bertz CT molecular complexity index is 694. The lowest BCUT2D eigenvalue weighted by Gasteiger charge is -2.47. The van der Waals surface area contributed by atoms with Gasteiger partial charge in [0.2, 0.25) is 0 Å². The van der Waals surface area contributed by atoms with Gasteiger partial charge in [0.25, 0.3) is 5.91 Å². The second kappa shape index (κ2) is 6.98. The zero-order chi connectivity index (χ0) is 17.1. The van der Waals surface area contributed by atoms with E-state index >= 15 is 0 Å². The summed E-state index contributed by atoms with van der Waals surface area (Å²) in [7, 11) is 0. The van der Waals surface area contributed by atoms with E-state index in [0.717, 1.165) is 57.9 Å². The molecule has 0 N–H and O–H groups in total.